The number of halogens is 3. The highest BCUT2D eigenvalue weighted by atomic mass is 35.5. The second-order valence-corrected chi connectivity index (χ2v) is 6.16. The van der Waals surface area contributed by atoms with Gasteiger partial charge in [-0.25, -0.2) is 0 Å². The molecule has 0 aliphatic carbocycles. The van der Waals surface area contributed by atoms with E-state index < -0.39 is 0 Å². The average Bonchev–Trinajstić information content (AvgIpc) is 2.49. The zero-order valence-corrected chi connectivity index (χ0v) is 14.1. The summed E-state index contributed by atoms with van der Waals surface area (Å²) >= 11 is 18.3. The predicted octanol–water partition coefficient (Wildman–Crippen LogP) is 5.64. The Hall–Kier alpha value is -0.890. The van der Waals surface area contributed by atoms with E-state index in [9.17, 15) is 0 Å². The van der Waals surface area contributed by atoms with E-state index in [1.807, 2.05) is 24.3 Å². The van der Waals surface area contributed by atoms with Crippen LogP contribution in [0.3, 0.4) is 0 Å². The third kappa shape index (κ3) is 4.81. The van der Waals surface area contributed by atoms with Crippen LogP contribution in [0.1, 0.15) is 11.1 Å². The van der Waals surface area contributed by atoms with E-state index >= 15 is 0 Å². The van der Waals surface area contributed by atoms with Crippen molar-refractivity contribution in [2.24, 2.45) is 5.92 Å². The van der Waals surface area contributed by atoms with Gasteiger partial charge in [-0.2, -0.15) is 0 Å². The first-order chi connectivity index (χ1) is 10.1. The van der Waals surface area contributed by atoms with Crippen molar-refractivity contribution < 1.29 is 4.74 Å². The summed E-state index contributed by atoms with van der Waals surface area (Å²) in [7, 11) is 1.67. The summed E-state index contributed by atoms with van der Waals surface area (Å²) in [6.07, 6.45) is 1.75. The van der Waals surface area contributed by atoms with Crippen LogP contribution in [-0.4, -0.2) is 13.0 Å². The average molecular weight is 344 g/mol. The molecule has 0 aromatic heterocycles. The topological polar surface area (TPSA) is 9.23 Å². The van der Waals surface area contributed by atoms with Crippen LogP contribution in [0.5, 0.6) is 5.75 Å². The maximum absolute atomic E-state index is 6.23. The van der Waals surface area contributed by atoms with E-state index in [1.54, 1.807) is 13.2 Å². The Kier molecular flexibility index (Phi) is 6.22. The minimum absolute atomic E-state index is 0.332. The van der Waals surface area contributed by atoms with Gasteiger partial charge in [0, 0.05) is 15.9 Å². The van der Waals surface area contributed by atoms with Crippen LogP contribution in [0.4, 0.5) is 0 Å². The summed E-state index contributed by atoms with van der Waals surface area (Å²) in [5, 5.41) is 1.36. The van der Waals surface area contributed by atoms with Crippen LogP contribution in [0.2, 0.25) is 10.0 Å². The summed E-state index contributed by atoms with van der Waals surface area (Å²) in [4.78, 5) is 0. The third-order valence-corrected chi connectivity index (χ3v) is 4.45. The number of benzene rings is 2. The Morgan fingerprint density at radius 3 is 2.29 bits per heavy atom. The van der Waals surface area contributed by atoms with Gasteiger partial charge in [0.15, 0.2) is 0 Å². The molecular weight excluding hydrogens is 327 g/mol. The smallest absolute Gasteiger partial charge is 0.118 e. The first-order valence-electron chi connectivity index (χ1n) is 6.75. The Balaban J connectivity index is 2.05. The SMILES string of the molecule is COc1ccc(CC(CCl)Cc2ccc(Cl)cc2Cl)cc1. The minimum atomic E-state index is 0.332. The van der Waals surface area contributed by atoms with Gasteiger partial charge in [-0.1, -0.05) is 41.4 Å². The van der Waals surface area contributed by atoms with Crippen LogP contribution >= 0.6 is 34.8 Å². The first-order valence-corrected chi connectivity index (χ1v) is 8.04. The van der Waals surface area contributed by atoms with Crippen molar-refractivity contribution in [1.82, 2.24) is 0 Å². The van der Waals surface area contributed by atoms with Crippen LogP contribution in [-0.2, 0) is 12.8 Å². The highest BCUT2D eigenvalue weighted by Gasteiger charge is 2.12. The van der Waals surface area contributed by atoms with E-state index in [0.29, 0.717) is 21.8 Å². The van der Waals surface area contributed by atoms with Crippen LogP contribution < -0.4 is 4.74 Å². The molecule has 0 spiro atoms. The standard InChI is InChI=1S/C17H17Cl3O/c1-21-16-6-2-12(3-7-16)8-13(11-18)9-14-4-5-15(19)10-17(14)20/h2-7,10,13H,8-9,11H2,1H3. The summed E-state index contributed by atoms with van der Waals surface area (Å²) in [5.74, 6) is 1.78. The zero-order chi connectivity index (χ0) is 15.2. The molecular formula is C17H17Cl3O. The second-order valence-electron chi connectivity index (χ2n) is 5.01. The van der Waals surface area contributed by atoms with Crippen LogP contribution in [0.15, 0.2) is 42.5 Å². The highest BCUT2D eigenvalue weighted by Crippen LogP contribution is 2.25. The van der Waals surface area contributed by atoms with Crippen molar-refractivity contribution in [2.75, 3.05) is 13.0 Å². The minimum Gasteiger partial charge on any atom is -0.497 e. The molecule has 0 aliphatic heterocycles. The van der Waals surface area contributed by atoms with Gasteiger partial charge in [-0.05, 0) is 54.2 Å². The Morgan fingerprint density at radius 1 is 1.00 bits per heavy atom. The summed E-state index contributed by atoms with van der Waals surface area (Å²) in [5.41, 5.74) is 2.33. The predicted molar refractivity (Wildman–Crippen MR) is 91.1 cm³/mol. The molecule has 112 valence electrons. The van der Waals surface area contributed by atoms with Gasteiger partial charge in [-0.3, -0.25) is 0 Å². The number of methoxy groups -OCH3 is 1. The van der Waals surface area contributed by atoms with Gasteiger partial charge in [0.1, 0.15) is 5.75 Å². The molecule has 4 heteroatoms. The molecule has 0 aliphatic rings. The highest BCUT2D eigenvalue weighted by molar-refractivity contribution is 6.35. The lowest BCUT2D eigenvalue weighted by atomic mass is 9.94. The number of alkyl halides is 1. The fourth-order valence-electron chi connectivity index (χ4n) is 2.27. The molecule has 0 saturated carbocycles. The molecule has 0 saturated heterocycles. The van der Waals surface area contributed by atoms with Gasteiger partial charge in [0.2, 0.25) is 0 Å². The van der Waals surface area contributed by atoms with E-state index in [4.69, 9.17) is 39.5 Å². The van der Waals surface area contributed by atoms with Gasteiger partial charge in [0.05, 0.1) is 7.11 Å². The maximum Gasteiger partial charge on any atom is 0.118 e. The lowest BCUT2D eigenvalue weighted by molar-refractivity contribution is 0.414. The summed E-state index contributed by atoms with van der Waals surface area (Å²) in [6, 6.07) is 13.7. The first kappa shape index (κ1) is 16.5. The number of ether oxygens (including phenoxy) is 1. The van der Waals surface area contributed by atoms with Crippen LogP contribution in [0, 0.1) is 5.92 Å². The second kappa shape index (κ2) is 7.93. The molecule has 0 N–H and O–H groups in total. The molecule has 0 bridgehead atoms. The van der Waals surface area contributed by atoms with E-state index in [-0.39, 0.29) is 0 Å². The molecule has 2 aromatic rings. The summed E-state index contributed by atoms with van der Waals surface area (Å²) in [6.45, 7) is 0. The monoisotopic (exact) mass is 342 g/mol. The molecule has 1 atom stereocenters. The number of hydrogen-bond donors (Lipinski definition) is 0. The maximum atomic E-state index is 6.23. The van der Waals surface area contributed by atoms with Crippen molar-refractivity contribution in [3.63, 3.8) is 0 Å². The number of rotatable bonds is 6. The zero-order valence-electron chi connectivity index (χ0n) is 11.8. The fraction of sp³-hybridized carbons (Fsp3) is 0.294. The van der Waals surface area contributed by atoms with Crippen LogP contribution in [0.25, 0.3) is 0 Å². The van der Waals surface area contributed by atoms with Gasteiger partial charge in [0.25, 0.3) is 0 Å². The lowest BCUT2D eigenvalue weighted by Crippen LogP contribution is -2.10. The van der Waals surface area contributed by atoms with Crippen molar-refractivity contribution in [3.05, 3.63) is 63.6 Å². The van der Waals surface area contributed by atoms with Crippen molar-refractivity contribution in [3.8, 4) is 5.75 Å². The molecule has 0 fully saturated rings. The Morgan fingerprint density at radius 2 is 1.71 bits per heavy atom. The van der Waals surface area contributed by atoms with Gasteiger partial charge < -0.3 is 4.74 Å². The third-order valence-electron chi connectivity index (χ3n) is 3.43. The number of hydrogen-bond acceptors (Lipinski definition) is 1. The molecule has 1 nitrogen and oxygen atoms in total. The molecule has 2 rings (SSSR count). The molecule has 0 amide bonds. The van der Waals surface area contributed by atoms with Crippen molar-refractivity contribution in [2.45, 2.75) is 12.8 Å². The summed E-state index contributed by atoms with van der Waals surface area (Å²) < 4.78 is 5.17. The molecule has 0 heterocycles. The molecule has 2 aromatic carbocycles. The lowest BCUT2D eigenvalue weighted by Gasteiger charge is -2.15. The van der Waals surface area contributed by atoms with Gasteiger partial charge in [-0.15, -0.1) is 11.6 Å². The quantitative estimate of drug-likeness (QED) is 0.616. The fourth-order valence-corrected chi connectivity index (χ4v) is 2.98. The largest absolute Gasteiger partial charge is 0.497 e. The molecule has 0 radical (unpaired) electrons. The Labute approximate surface area is 140 Å². The van der Waals surface area contributed by atoms with E-state index in [1.165, 1.54) is 5.56 Å². The van der Waals surface area contributed by atoms with Crippen molar-refractivity contribution in [1.29, 1.82) is 0 Å². The normalized spacial score (nSPS) is 12.2. The van der Waals surface area contributed by atoms with E-state index in [0.717, 1.165) is 24.2 Å². The van der Waals surface area contributed by atoms with Crippen molar-refractivity contribution >= 4 is 34.8 Å². The van der Waals surface area contributed by atoms with E-state index in [2.05, 4.69) is 12.1 Å². The van der Waals surface area contributed by atoms with Gasteiger partial charge >= 0.3 is 0 Å². The molecule has 21 heavy (non-hydrogen) atoms. The molecule has 1 unspecified atom stereocenters. The Bertz CT molecular complexity index is 581.